The number of methoxy groups -OCH3 is 2. The molecular formula is C23H28N4O6S. The van der Waals surface area contributed by atoms with Gasteiger partial charge in [-0.15, -0.1) is 5.10 Å². The first kappa shape index (κ1) is 25.2. The van der Waals surface area contributed by atoms with Gasteiger partial charge < -0.3 is 13.9 Å². The van der Waals surface area contributed by atoms with E-state index in [0.717, 1.165) is 12.8 Å². The number of ether oxygens (including phenoxy) is 2. The molecule has 1 heterocycles. The van der Waals surface area contributed by atoms with Crippen LogP contribution >= 0.6 is 0 Å². The normalized spacial score (nSPS) is 11.4. The molecule has 3 aromatic rings. The Labute approximate surface area is 198 Å². The Hall–Kier alpha value is -3.44. The highest BCUT2D eigenvalue weighted by Crippen LogP contribution is 2.29. The third-order valence-corrected chi connectivity index (χ3v) is 7.10. The van der Waals surface area contributed by atoms with E-state index in [2.05, 4.69) is 15.5 Å². The fourth-order valence-corrected chi connectivity index (χ4v) is 4.69. The zero-order chi connectivity index (χ0) is 24.7. The van der Waals surface area contributed by atoms with E-state index in [9.17, 15) is 13.2 Å². The van der Waals surface area contributed by atoms with Crippen molar-refractivity contribution in [1.29, 1.82) is 0 Å². The number of hydrogen-bond donors (Lipinski definition) is 1. The predicted octanol–water partition coefficient (Wildman–Crippen LogP) is 3.82. The van der Waals surface area contributed by atoms with Gasteiger partial charge in [0.25, 0.3) is 5.91 Å². The van der Waals surface area contributed by atoms with E-state index < -0.39 is 15.9 Å². The van der Waals surface area contributed by atoms with Crippen molar-refractivity contribution in [3.8, 4) is 23.0 Å². The quantitative estimate of drug-likeness (QED) is 0.432. The minimum Gasteiger partial charge on any atom is -0.497 e. The molecule has 0 radical (unpaired) electrons. The minimum absolute atomic E-state index is 0.102. The average Bonchev–Trinajstić information content (AvgIpc) is 3.32. The van der Waals surface area contributed by atoms with Gasteiger partial charge in [-0.05, 0) is 42.8 Å². The molecule has 0 bridgehead atoms. The Morgan fingerprint density at radius 1 is 1.03 bits per heavy atom. The van der Waals surface area contributed by atoms with Gasteiger partial charge in [-0.1, -0.05) is 25.4 Å². The van der Waals surface area contributed by atoms with Crippen LogP contribution < -0.4 is 14.8 Å². The van der Waals surface area contributed by atoms with E-state index in [1.807, 2.05) is 6.92 Å². The predicted molar refractivity (Wildman–Crippen MR) is 127 cm³/mol. The number of hydrogen-bond acceptors (Lipinski definition) is 8. The van der Waals surface area contributed by atoms with Crippen molar-refractivity contribution in [2.24, 2.45) is 0 Å². The van der Waals surface area contributed by atoms with Crippen LogP contribution in [0.25, 0.3) is 11.5 Å². The number of carbonyl (C=O) groups is 1. The van der Waals surface area contributed by atoms with Crippen molar-refractivity contribution < 1.29 is 27.1 Å². The van der Waals surface area contributed by atoms with Crippen LogP contribution in [-0.2, 0) is 10.0 Å². The number of amides is 1. The number of sulfonamides is 1. The number of nitrogens with one attached hydrogen (secondary N) is 1. The monoisotopic (exact) mass is 488 g/mol. The Morgan fingerprint density at radius 3 is 2.24 bits per heavy atom. The van der Waals surface area contributed by atoms with Crippen LogP contribution in [0.1, 0.15) is 37.0 Å². The van der Waals surface area contributed by atoms with E-state index >= 15 is 0 Å². The Kier molecular flexibility index (Phi) is 8.24. The van der Waals surface area contributed by atoms with E-state index in [1.54, 1.807) is 25.1 Å². The second-order valence-electron chi connectivity index (χ2n) is 7.34. The van der Waals surface area contributed by atoms with Crippen molar-refractivity contribution in [2.75, 3.05) is 32.6 Å². The maximum atomic E-state index is 12.8. The Balaban J connectivity index is 1.73. The van der Waals surface area contributed by atoms with E-state index in [4.69, 9.17) is 13.9 Å². The molecule has 0 saturated carbocycles. The molecule has 0 fully saturated rings. The van der Waals surface area contributed by atoms with Gasteiger partial charge in [0.15, 0.2) is 0 Å². The lowest BCUT2D eigenvalue weighted by atomic mass is 10.2. The summed E-state index contributed by atoms with van der Waals surface area (Å²) in [5, 5.41) is 10.3. The number of anilines is 1. The lowest BCUT2D eigenvalue weighted by Gasteiger charge is -2.20. The molecule has 0 spiro atoms. The highest BCUT2D eigenvalue weighted by molar-refractivity contribution is 7.89. The van der Waals surface area contributed by atoms with Crippen LogP contribution in [0.2, 0.25) is 0 Å². The van der Waals surface area contributed by atoms with Crippen molar-refractivity contribution in [3.05, 3.63) is 48.0 Å². The lowest BCUT2D eigenvalue weighted by Crippen LogP contribution is -2.31. The molecular weight excluding hydrogens is 460 g/mol. The van der Waals surface area contributed by atoms with Crippen molar-refractivity contribution >= 4 is 21.9 Å². The van der Waals surface area contributed by atoms with Crippen LogP contribution in [0.5, 0.6) is 11.5 Å². The summed E-state index contributed by atoms with van der Waals surface area (Å²) in [6.45, 7) is 4.64. The maximum absolute atomic E-state index is 12.8. The molecule has 11 heteroatoms. The molecule has 0 aliphatic heterocycles. The topological polar surface area (TPSA) is 124 Å². The lowest BCUT2D eigenvalue weighted by molar-refractivity contribution is 0.102. The largest absolute Gasteiger partial charge is 0.497 e. The molecule has 3 rings (SSSR count). The van der Waals surface area contributed by atoms with Crippen LogP contribution in [0.4, 0.5) is 6.01 Å². The molecule has 0 aliphatic carbocycles. The molecule has 34 heavy (non-hydrogen) atoms. The number of rotatable bonds is 11. The van der Waals surface area contributed by atoms with Gasteiger partial charge in [0.1, 0.15) is 11.5 Å². The van der Waals surface area contributed by atoms with Gasteiger partial charge in [0.2, 0.25) is 15.9 Å². The summed E-state index contributed by atoms with van der Waals surface area (Å²) >= 11 is 0. The summed E-state index contributed by atoms with van der Waals surface area (Å²) in [5.74, 6) is 0.746. The Morgan fingerprint density at radius 2 is 1.68 bits per heavy atom. The molecule has 10 nitrogen and oxygen atoms in total. The molecule has 2 aromatic carbocycles. The molecule has 1 N–H and O–H groups in total. The molecule has 0 saturated heterocycles. The molecule has 1 aromatic heterocycles. The zero-order valence-electron chi connectivity index (χ0n) is 19.6. The van der Waals surface area contributed by atoms with Gasteiger partial charge >= 0.3 is 6.01 Å². The summed E-state index contributed by atoms with van der Waals surface area (Å²) in [6.07, 6.45) is 1.68. The van der Waals surface area contributed by atoms with Gasteiger partial charge in [-0.2, -0.15) is 4.31 Å². The van der Waals surface area contributed by atoms with Crippen molar-refractivity contribution in [1.82, 2.24) is 14.5 Å². The fraction of sp³-hybridized carbons (Fsp3) is 0.348. The van der Waals surface area contributed by atoms with Crippen molar-refractivity contribution in [2.45, 2.75) is 31.6 Å². The second-order valence-corrected chi connectivity index (χ2v) is 9.28. The minimum atomic E-state index is -3.62. The van der Waals surface area contributed by atoms with E-state index in [0.29, 0.717) is 30.2 Å². The van der Waals surface area contributed by atoms with Gasteiger partial charge in [0.05, 0.1) is 19.1 Å². The van der Waals surface area contributed by atoms with Crippen LogP contribution in [0.3, 0.4) is 0 Å². The molecule has 182 valence electrons. The van der Waals surface area contributed by atoms with Gasteiger partial charge in [-0.25, -0.2) is 8.42 Å². The summed E-state index contributed by atoms with van der Waals surface area (Å²) in [5.41, 5.74) is 0.806. The smallest absolute Gasteiger partial charge is 0.322 e. The number of benzene rings is 2. The van der Waals surface area contributed by atoms with Gasteiger partial charge in [-0.3, -0.25) is 10.1 Å². The van der Waals surface area contributed by atoms with Crippen LogP contribution in [0, 0.1) is 0 Å². The van der Waals surface area contributed by atoms with E-state index in [-0.39, 0.29) is 22.4 Å². The number of carbonyl (C=O) groups excluding carboxylic acids is 1. The average molecular weight is 489 g/mol. The van der Waals surface area contributed by atoms with Gasteiger partial charge in [0, 0.05) is 30.3 Å². The molecule has 0 atom stereocenters. The SMILES string of the molecule is CCCCN(CC)S(=O)(=O)c1ccc(C(=O)Nc2nnc(-c3cc(OC)cc(OC)c3)o2)cc1. The summed E-state index contributed by atoms with van der Waals surface area (Å²) in [6, 6.07) is 10.7. The molecule has 0 unspecified atom stereocenters. The summed E-state index contributed by atoms with van der Waals surface area (Å²) < 4.78 is 43.1. The zero-order valence-corrected chi connectivity index (χ0v) is 20.4. The van der Waals surface area contributed by atoms with Crippen molar-refractivity contribution in [3.63, 3.8) is 0 Å². The first-order chi connectivity index (χ1) is 16.3. The molecule has 1 amide bonds. The third kappa shape index (κ3) is 5.72. The molecule has 0 aliphatic rings. The first-order valence-electron chi connectivity index (χ1n) is 10.8. The summed E-state index contributed by atoms with van der Waals surface area (Å²) in [4.78, 5) is 12.7. The highest BCUT2D eigenvalue weighted by atomic mass is 32.2. The maximum Gasteiger partial charge on any atom is 0.322 e. The fourth-order valence-electron chi connectivity index (χ4n) is 3.20. The first-order valence-corrected chi connectivity index (χ1v) is 12.2. The number of unbranched alkanes of at least 4 members (excludes halogenated alkanes) is 1. The second kappa shape index (κ2) is 11.1. The van der Waals surface area contributed by atoms with E-state index in [1.165, 1.54) is 42.8 Å². The number of nitrogens with zero attached hydrogens (tertiary/aromatic N) is 3. The van der Waals surface area contributed by atoms with Crippen LogP contribution in [-0.4, -0.2) is 56.1 Å². The standard InChI is InChI=1S/C23H28N4O6S/c1-5-7-12-27(6-2)34(29,30)20-10-8-16(9-11-20)21(28)24-23-26-25-22(33-23)17-13-18(31-3)15-19(14-17)32-4/h8-11,13-15H,5-7,12H2,1-4H3,(H,24,26,28). The summed E-state index contributed by atoms with van der Waals surface area (Å²) in [7, 11) is -0.569. The highest BCUT2D eigenvalue weighted by Gasteiger charge is 2.23. The third-order valence-electron chi connectivity index (χ3n) is 5.11. The Bertz CT molecular complexity index is 1200. The number of aromatic nitrogens is 2. The van der Waals surface area contributed by atoms with Crippen LogP contribution in [0.15, 0.2) is 51.8 Å².